The van der Waals surface area contributed by atoms with Gasteiger partial charge in [-0.3, -0.25) is 0 Å². The van der Waals surface area contributed by atoms with Crippen molar-refractivity contribution in [2.75, 3.05) is 7.05 Å². The molecule has 0 fully saturated rings. The van der Waals surface area contributed by atoms with Crippen LogP contribution in [0.1, 0.15) is 42.1 Å². The Morgan fingerprint density at radius 3 is 2.63 bits per heavy atom. The number of hydrogen-bond acceptors (Lipinski definition) is 3. The second kappa shape index (κ2) is 5.99. The van der Waals surface area contributed by atoms with E-state index in [0.29, 0.717) is 5.92 Å². The fourth-order valence-electron chi connectivity index (χ4n) is 1.82. The van der Waals surface area contributed by atoms with Gasteiger partial charge in [0, 0.05) is 5.38 Å². The van der Waals surface area contributed by atoms with Crippen LogP contribution in [0, 0.1) is 5.82 Å². The number of nitrogens with one attached hydrogen (secondary N) is 1. The van der Waals surface area contributed by atoms with Crippen molar-refractivity contribution >= 4 is 22.9 Å². The van der Waals surface area contributed by atoms with Gasteiger partial charge >= 0.3 is 0 Å². The van der Waals surface area contributed by atoms with Crippen molar-refractivity contribution in [2.24, 2.45) is 0 Å². The molecule has 1 N–H and O–H groups in total. The molecule has 0 bridgehead atoms. The van der Waals surface area contributed by atoms with Gasteiger partial charge in [0.15, 0.2) is 0 Å². The molecule has 0 saturated carbocycles. The third-order valence-corrected chi connectivity index (χ3v) is 4.16. The molecule has 5 heteroatoms. The molecular weight excluding hydrogens is 283 g/mol. The number of nitrogens with zero attached hydrogens (tertiary/aromatic N) is 1. The molecule has 0 spiro atoms. The summed E-state index contributed by atoms with van der Waals surface area (Å²) in [5, 5.41) is 6.37. The lowest BCUT2D eigenvalue weighted by molar-refractivity contribution is 0.623. The van der Waals surface area contributed by atoms with Crippen LogP contribution < -0.4 is 5.32 Å². The zero-order valence-electron chi connectivity index (χ0n) is 11.1. The standard InChI is InChI=1S/C14H16ClFN2S/c1-8(2)12-7-19-14(18-12)13(17-3)9-4-5-11(16)10(15)6-9/h4-8,13,17H,1-3H3. The van der Waals surface area contributed by atoms with Crippen LogP contribution in [0.15, 0.2) is 23.6 Å². The van der Waals surface area contributed by atoms with Gasteiger partial charge in [-0.25, -0.2) is 9.37 Å². The van der Waals surface area contributed by atoms with E-state index in [1.165, 1.54) is 6.07 Å². The first-order valence-electron chi connectivity index (χ1n) is 6.10. The number of benzene rings is 1. The fraction of sp³-hybridized carbons (Fsp3) is 0.357. The summed E-state index contributed by atoms with van der Waals surface area (Å²) < 4.78 is 13.2. The molecule has 0 aliphatic rings. The second-order valence-corrected chi connectivity index (χ2v) is 5.96. The quantitative estimate of drug-likeness (QED) is 0.907. The van der Waals surface area contributed by atoms with Crippen molar-refractivity contribution in [1.29, 1.82) is 0 Å². The summed E-state index contributed by atoms with van der Waals surface area (Å²) in [6.07, 6.45) is 0. The Labute approximate surface area is 121 Å². The Morgan fingerprint density at radius 2 is 2.11 bits per heavy atom. The van der Waals surface area contributed by atoms with Crippen LogP contribution >= 0.6 is 22.9 Å². The van der Waals surface area contributed by atoms with Gasteiger partial charge in [0.25, 0.3) is 0 Å². The summed E-state index contributed by atoms with van der Waals surface area (Å²) in [7, 11) is 1.86. The van der Waals surface area contributed by atoms with Gasteiger partial charge < -0.3 is 5.32 Å². The molecule has 0 saturated heterocycles. The van der Waals surface area contributed by atoms with Gasteiger partial charge in [0.05, 0.1) is 16.8 Å². The highest BCUT2D eigenvalue weighted by atomic mass is 35.5. The van der Waals surface area contributed by atoms with Gasteiger partial charge in [-0.1, -0.05) is 31.5 Å². The molecule has 2 nitrogen and oxygen atoms in total. The van der Waals surface area contributed by atoms with E-state index in [0.717, 1.165) is 16.3 Å². The van der Waals surface area contributed by atoms with E-state index in [1.54, 1.807) is 23.5 Å². The Morgan fingerprint density at radius 1 is 1.37 bits per heavy atom. The third-order valence-electron chi connectivity index (χ3n) is 2.94. The van der Waals surface area contributed by atoms with E-state index in [1.807, 2.05) is 7.05 Å². The molecule has 1 aromatic heterocycles. The maximum atomic E-state index is 13.2. The van der Waals surface area contributed by atoms with Crippen molar-refractivity contribution in [2.45, 2.75) is 25.8 Å². The number of rotatable bonds is 4. The SMILES string of the molecule is CNC(c1ccc(F)c(Cl)c1)c1nc(C(C)C)cs1. The molecule has 0 radical (unpaired) electrons. The first kappa shape index (κ1) is 14.4. The highest BCUT2D eigenvalue weighted by Crippen LogP contribution is 2.29. The van der Waals surface area contributed by atoms with Gasteiger partial charge in [0.2, 0.25) is 0 Å². The monoisotopic (exact) mass is 298 g/mol. The fourth-order valence-corrected chi connectivity index (χ4v) is 3.13. The van der Waals surface area contributed by atoms with Gasteiger partial charge in [-0.05, 0) is 30.7 Å². The molecule has 2 aromatic rings. The Kier molecular flexibility index (Phi) is 4.55. The molecule has 0 amide bonds. The molecule has 0 aliphatic heterocycles. The van der Waals surface area contributed by atoms with Crippen LogP contribution in [0.3, 0.4) is 0 Å². The summed E-state index contributed by atoms with van der Waals surface area (Å²) >= 11 is 7.44. The maximum absolute atomic E-state index is 13.2. The van der Waals surface area contributed by atoms with Crippen molar-refractivity contribution in [3.63, 3.8) is 0 Å². The summed E-state index contributed by atoms with van der Waals surface area (Å²) in [6.45, 7) is 4.23. The van der Waals surface area contributed by atoms with Crippen molar-refractivity contribution in [1.82, 2.24) is 10.3 Å². The van der Waals surface area contributed by atoms with Crippen molar-refractivity contribution in [3.8, 4) is 0 Å². The Bertz CT molecular complexity index is 568. The molecule has 0 aliphatic carbocycles. The number of halogens is 2. The Balaban J connectivity index is 2.35. The van der Waals surface area contributed by atoms with E-state index in [2.05, 4.69) is 29.5 Å². The molecule has 2 rings (SSSR count). The van der Waals surface area contributed by atoms with Crippen LogP contribution in [0.2, 0.25) is 5.02 Å². The van der Waals surface area contributed by atoms with Crippen LogP contribution in [0.25, 0.3) is 0 Å². The normalized spacial score (nSPS) is 12.9. The van der Waals surface area contributed by atoms with Crippen LogP contribution in [-0.2, 0) is 0 Å². The first-order valence-corrected chi connectivity index (χ1v) is 7.36. The molecule has 102 valence electrons. The van der Waals surface area contributed by atoms with Crippen molar-refractivity contribution < 1.29 is 4.39 Å². The molecule has 19 heavy (non-hydrogen) atoms. The van der Waals surface area contributed by atoms with E-state index in [9.17, 15) is 4.39 Å². The molecule has 1 unspecified atom stereocenters. The summed E-state index contributed by atoms with van der Waals surface area (Å²) in [6, 6.07) is 4.71. The summed E-state index contributed by atoms with van der Waals surface area (Å²) in [5.41, 5.74) is 1.99. The van der Waals surface area contributed by atoms with E-state index in [4.69, 9.17) is 11.6 Å². The Hall–Kier alpha value is -0.970. The average Bonchev–Trinajstić information content (AvgIpc) is 2.84. The molecule has 1 atom stereocenters. The zero-order chi connectivity index (χ0) is 14.0. The van der Waals surface area contributed by atoms with E-state index < -0.39 is 5.82 Å². The van der Waals surface area contributed by atoms with E-state index in [-0.39, 0.29) is 11.1 Å². The van der Waals surface area contributed by atoms with Gasteiger partial charge in [-0.2, -0.15) is 0 Å². The minimum Gasteiger partial charge on any atom is -0.307 e. The van der Waals surface area contributed by atoms with E-state index >= 15 is 0 Å². The smallest absolute Gasteiger partial charge is 0.141 e. The lowest BCUT2D eigenvalue weighted by atomic mass is 10.1. The predicted octanol–water partition coefficient (Wildman–Crippen LogP) is 4.37. The highest BCUT2D eigenvalue weighted by Gasteiger charge is 2.18. The molecule has 1 aromatic carbocycles. The molecular formula is C14H16ClFN2S. The lowest BCUT2D eigenvalue weighted by Crippen LogP contribution is -2.17. The molecule has 1 heterocycles. The average molecular weight is 299 g/mol. The van der Waals surface area contributed by atoms with Crippen molar-refractivity contribution in [3.05, 3.63) is 50.7 Å². The zero-order valence-corrected chi connectivity index (χ0v) is 12.6. The summed E-state index contributed by atoms with van der Waals surface area (Å²) in [4.78, 5) is 4.63. The van der Waals surface area contributed by atoms with Crippen LogP contribution in [-0.4, -0.2) is 12.0 Å². The first-order chi connectivity index (χ1) is 9.02. The topological polar surface area (TPSA) is 24.9 Å². The minimum absolute atomic E-state index is 0.0596. The van der Waals surface area contributed by atoms with Gasteiger partial charge in [0.1, 0.15) is 10.8 Å². The largest absolute Gasteiger partial charge is 0.307 e. The predicted molar refractivity (Wildman–Crippen MR) is 78.5 cm³/mol. The van der Waals surface area contributed by atoms with Crippen LogP contribution in [0.5, 0.6) is 0 Å². The summed E-state index contributed by atoms with van der Waals surface area (Å²) in [5.74, 6) is 0.00147. The maximum Gasteiger partial charge on any atom is 0.141 e. The van der Waals surface area contributed by atoms with Crippen LogP contribution in [0.4, 0.5) is 4.39 Å². The third kappa shape index (κ3) is 3.14. The highest BCUT2D eigenvalue weighted by molar-refractivity contribution is 7.09. The minimum atomic E-state index is -0.401. The number of thiazole rings is 1. The second-order valence-electron chi connectivity index (χ2n) is 4.66. The number of hydrogen-bond donors (Lipinski definition) is 1. The van der Waals surface area contributed by atoms with Gasteiger partial charge in [-0.15, -0.1) is 11.3 Å². The number of aromatic nitrogens is 1. The lowest BCUT2D eigenvalue weighted by Gasteiger charge is -2.14.